The summed E-state index contributed by atoms with van der Waals surface area (Å²) in [4.78, 5) is 4.28. The largest absolute Gasteiger partial charge is 0.439 e. The van der Waals surface area contributed by atoms with Gasteiger partial charge in [0.15, 0.2) is 5.58 Å². The van der Waals surface area contributed by atoms with Crippen molar-refractivity contribution in [2.24, 2.45) is 0 Å². The Morgan fingerprint density at radius 2 is 2.33 bits per heavy atom. The summed E-state index contributed by atoms with van der Waals surface area (Å²) in [6, 6.07) is 5.96. The number of hydrogen-bond acceptors (Lipinski definition) is 2. The molecule has 0 aliphatic rings. The summed E-state index contributed by atoms with van der Waals surface area (Å²) < 4.78 is 5.49. The van der Waals surface area contributed by atoms with Gasteiger partial charge in [0, 0.05) is 0 Å². The molecule has 2 aromatic rings. The maximum atomic E-state index is 5.49. The summed E-state index contributed by atoms with van der Waals surface area (Å²) >= 11 is 3.30. The smallest absolute Gasteiger partial charge is 0.206 e. The number of halogens is 1. The second kappa shape index (κ2) is 2.90. The second-order valence-corrected chi connectivity index (χ2v) is 3.23. The predicted molar refractivity (Wildman–Crippen MR) is 51.4 cm³/mol. The van der Waals surface area contributed by atoms with E-state index < -0.39 is 0 Å². The standard InChI is InChI=1S/C9H8BrNO/c1-6-3-2-4-7-9(6)12-8(5-10)11-7/h2-4H,5H2,1H3. The van der Waals surface area contributed by atoms with E-state index in [4.69, 9.17) is 4.42 Å². The lowest BCUT2D eigenvalue weighted by Crippen LogP contribution is -1.72. The van der Waals surface area contributed by atoms with Gasteiger partial charge in [0.05, 0.1) is 5.33 Å². The Bertz CT molecular complexity index is 408. The summed E-state index contributed by atoms with van der Waals surface area (Å²) in [6.45, 7) is 2.02. The number of para-hydroxylation sites is 1. The summed E-state index contributed by atoms with van der Waals surface area (Å²) in [5.74, 6) is 0.735. The van der Waals surface area contributed by atoms with E-state index in [0.717, 1.165) is 22.6 Å². The summed E-state index contributed by atoms with van der Waals surface area (Å²) in [5.41, 5.74) is 2.96. The summed E-state index contributed by atoms with van der Waals surface area (Å²) in [5, 5.41) is 0.668. The fourth-order valence-electron chi connectivity index (χ4n) is 1.19. The third-order valence-corrected chi connectivity index (χ3v) is 2.25. The number of fused-ring (bicyclic) bond motifs is 1. The van der Waals surface area contributed by atoms with E-state index in [1.807, 2.05) is 25.1 Å². The lowest BCUT2D eigenvalue weighted by molar-refractivity contribution is 0.555. The first-order valence-electron chi connectivity index (χ1n) is 3.72. The van der Waals surface area contributed by atoms with Crippen molar-refractivity contribution >= 4 is 27.0 Å². The Kier molecular flexibility index (Phi) is 1.89. The van der Waals surface area contributed by atoms with Gasteiger partial charge >= 0.3 is 0 Å². The summed E-state index contributed by atoms with van der Waals surface area (Å²) in [7, 11) is 0. The van der Waals surface area contributed by atoms with E-state index in [0.29, 0.717) is 5.33 Å². The topological polar surface area (TPSA) is 26.0 Å². The third kappa shape index (κ3) is 1.14. The first-order chi connectivity index (χ1) is 5.81. The normalized spacial score (nSPS) is 10.8. The Labute approximate surface area is 78.7 Å². The number of aryl methyl sites for hydroxylation is 1. The van der Waals surface area contributed by atoms with Crippen LogP contribution < -0.4 is 0 Å². The van der Waals surface area contributed by atoms with E-state index in [9.17, 15) is 0 Å². The van der Waals surface area contributed by atoms with Gasteiger partial charge in [0.1, 0.15) is 5.52 Å². The highest BCUT2D eigenvalue weighted by Crippen LogP contribution is 2.19. The van der Waals surface area contributed by atoms with Gasteiger partial charge in [0.2, 0.25) is 5.89 Å². The molecule has 3 heteroatoms. The SMILES string of the molecule is Cc1cccc2nc(CBr)oc12. The van der Waals surface area contributed by atoms with Crippen LogP contribution in [0.2, 0.25) is 0 Å². The third-order valence-electron chi connectivity index (χ3n) is 1.77. The van der Waals surface area contributed by atoms with Crippen LogP contribution in [0.15, 0.2) is 22.6 Å². The van der Waals surface area contributed by atoms with Crippen molar-refractivity contribution in [1.29, 1.82) is 0 Å². The van der Waals surface area contributed by atoms with Gasteiger partial charge in [-0.25, -0.2) is 4.98 Å². The van der Waals surface area contributed by atoms with Crippen LogP contribution in [0.3, 0.4) is 0 Å². The van der Waals surface area contributed by atoms with Crippen molar-refractivity contribution in [1.82, 2.24) is 4.98 Å². The number of alkyl halides is 1. The summed E-state index contributed by atoms with van der Waals surface area (Å²) in [6.07, 6.45) is 0. The lowest BCUT2D eigenvalue weighted by Gasteiger charge is -1.89. The molecule has 0 aliphatic heterocycles. The van der Waals surface area contributed by atoms with Crippen molar-refractivity contribution in [3.63, 3.8) is 0 Å². The molecule has 1 aromatic carbocycles. The molecule has 12 heavy (non-hydrogen) atoms. The average molecular weight is 226 g/mol. The van der Waals surface area contributed by atoms with Crippen LogP contribution in [-0.2, 0) is 5.33 Å². The number of benzene rings is 1. The highest BCUT2D eigenvalue weighted by molar-refractivity contribution is 9.08. The number of nitrogens with zero attached hydrogens (tertiary/aromatic N) is 1. The molecule has 0 bridgehead atoms. The van der Waals surface area contributed by atoms with Gasteiger partial charge in [-0.1, -0.05) is 28.1 Å². The van der Waals surface area contributed by atoms with Crippen LogP contribution in [0.5, 0.6) is 0 Å². The van der Waals surface area contributed by atoms with Gasteiger partial charge in [0.25, 0.3) is 0 Å². The number of aromatic nitrogens is 1. The van der Waals surface area contributed by atoms with Gasteiger partial charge in [-0.2, -0.15) is 0 Å². The van der Waals surface area contributed by atoms with Crippen molar-refractivity contribution in [2.75, 3.05) is 0 Å². The lowest BCUT2D eigenvalue weighted by atomic mass is 10.2. The minimum Gasteiger partial charge on any atom is -0.439 e. The molecule has 0 fully saturated rings. The Morgan fingerprint density at radius 1 is 1.50 bits per heavy atom. The fourth-order valence-corrected chi connectivity index (χ4v) is 1.43. The van der Waals surface area contributed by atoms with Crippen LogP contribution in [0.1, 0.15) is 11.5 Å². The Morgan fingerprint density at radius 3 is 3.00 bits per heavy atom. The van der Waals surface area contributed by atoms with Crippen molar-refractivity contribution in [3.05, 3.63) is 29.7 Å². The van der Waals surface area contributed by atoms with Crippen molar-refractivity contribution in [3.8, 4) is 0 Å². The highest BCUT2D eigenvalue weighted by Gasteiger charge is 2.04. The number of hydrogen-bond donors (Lipinski definition) is 0. The Balaban J connectivity index is 2.74. The highest BCUT2D eigenvalue weighted by atomic mass is 79.9. The van der Waals surface area contributed by atoms with Gasteiger partial charge < -0.3 is 4.42 Å². The monoisotopic (exact) mass is 225 g/mol. The van der Waals surface area contributed by atoms with E-state index >= 15 is 0 Å². The van der Waals surface area contributed by atoms with Crippen molar-refractivity contribution < 1.29 is 4.42 Å². The maximum absolute atomic E-state index is 5.49. The molecule has 1 heterocycles. The van der Waals surface area contributed by atoms with Gasteiger partial charge in [-0.15, -0.1) is 0 Å². The van der Waals surface area contributed by atoms with E-state index in [2.05, 4.69) is 20.9 Å². The zero-order chi connectivity index (χ0) is 8.55. The molecule has 2 nitrogen and oxygen atoms in total. The molecule has 0 saturated carbocycles. The van der Waals surface area contributed by atoms with Crippen LogP contribution in [-0.4, -0.2) is 4.98 Å². The van der Waals surface area contributed by atoms with Gasteiger partial charge in [-0.3, -0.25) is 0 Å². The van der Waals surface area contributed by atoms with E-state index in [-0.39, 0.29) is 0 Å². The minimum atomic E-state index is 0.668. The van der Waals surface area contributed by atoms with Crippen LogP contribution in [0.4, 0.5) is 0 Å². The molecule has 0 saturated heterocycles. The first kappa shape index (κ1) is 7.80. The van der Waals surface area contributed by atoms with E-state index in [1.165, 1.54) is 0 Å². The molecule has 0 atom stereocenters. The molecule has 62 valence electrons. The molecule has 0 radical (unpaired) electrons. The predicted octanol–water partition coefficient (Wildman–Crippen LogP) is 3.03. The zero-order valence-corrected chi connectivity index (χ0v) is 8.26. The molecule has 2 rings (SSSR count). The maximum Gasteiger partial charge on any atom is 0.206 e. The second-order valence-electron chi connectivity index (χ2n) is 2.66. The molecule has 0 N–H and O–H groups in total. The fraction of sp³-hybridized carbons (Fsp3) is 0.222. The molecular formula is C9H8BrNO. The number of oxazole rings is 1. The van der Waals surface area contributed by atoms with Crippen LogP contribution in [0, 0.1) is 6.92 Å². The molecule has 0 aliphatic carbocycles. The minimum absolute atomic E-state index is 0.668. The average Bonchev–Trinajstić information content (AvgIpc) is 2.49. The molecule has 0 amide bonds. The first-order valence-corrected chi connectivity index (χ1v) is 4.84. The Hall–Kier alpha value is -0.830. The quantitative estimate of drug-likeness (QED) is 0.698. The number of rotatable bonds is 1. The molecule has 1 aromatic heterocycles. The molecule has 0 unspecified atom stereocenters. The van der Waals surface area contributed by atoms with E-state index in [1.54, 1.807) is 0 Å². The van der Waals surface area contributed by atoms with Crippen LogP contribution in [0.25, 0.3) is 11.1 Å². The van der Waals surface area contributed by atoms with Crippen molar-refractivity contribution in [2.45, 2.75) is 12.3 Å². The zero-order valence-electron chi connectivity index (χ0n) is 6.67. The van der Waals surface area contributed by atoms with Crippen LogP contribution >= 0.6 is 15.9 Å². The van der Waals surface area contributed by atoms with Gasteiger partial charge in [-0.05, 0) is 18.6 Å². The molecular weight excluding hydrogens is 218 g/mol. The molecule has 0 spiro atoms.